The molecule has 366 valence electrons. The number of benzene rings is 2. The van der Waals surface area contributed by atoms with Crippen molar-refractivity contribution in [2.45, 2.75) is 141 Å². The van der Waals surface area contributed by atoms with Gasteiger partial charge in [-0.05, 0) is 67.7 Å². The Morgan fingerprint density at radius 3 is 2.13 bits per heavy atom. The Kier molecular flexibility index (Phi) is 19.1. The Labute approximate surface area is 394 Å². The van der Waals surface area contributed by atoms with E-state index < -0.39 is 114 Å². The molecule has 4 rings (SSSR count). The van der Waals surface area contributed by atoms with E-state index in [1.165, 1.54) is 32.2 Å². The van der Waals surface area contributed by atoms with Gasteiger partial charge in [-0.15, -0.1) is 0 Å². The summed E-state index contributed by atoms with van der Waals surface area (Å²) in [6, 6.07) is 2.74. The molecule has 2 aliphatic heterocycles. The molecule has 1 unspecified atom stereocenters. The van der Waals surface area contributed by atoms with Gasteiger partial charge in [0.05, 0.1) is 5.02 Å². The summed E-state index contributed by atoms with van der Waals surface area (Å²) in [5.41, 5.74) is 6.30. The SMILES string of the molecule is CC(=O)N[C@@H](CCC(N)=O)C(=O)N[C@@H]1C(=O)N[C@@H](CC(C)C)C(=O)N[C@H]2CC[C@@H](O)N(C2=O)[C@@H](Cc2ccccc2)C(=O)N(C)[C@@H](Cc2ccc(O)c(Cl)c2)C(=O)NC(C(C)C)C(=O)O[C@@H]1C. The quantitative estimate of drug-likeness (QED) is 0.126. The Morgan fingerprint density at radius 2 is 1.54 bits per heavy atom. The number of nitrogens with two attached hydrogens (primary N) is 1. The summed E-state index contributed by atoms with van der Waals surface area (Å²) in [6.45, 7) is 9.17. The number of aliphatic hydroxyl groups is 1. The lowest BCUT2D eigenvalue weighted by Gasteiger charge is -2.43. The fourth-order valence-corrected chi connectivity index (χ4v) is 8.20. The Hall–Kier alpha value is -6.28. The predicted octanol–water partition coefficient (Wildman–Crippen LogP) is 0.324. The van der Waals surface area contributed by atoms with Gasteiger partial charge in [0.1, 0.15) is 60.4 Å². The van der Waals surface area contributed by atoms with Gasteiger partial charge < -0.3 is 57.1 Å². The lowest BCUT2D eigenvalue weighted by molar-refractivity contribution is -0.165. The molecule has 0 saturated carbocycles. The topological polar surface area (TPSA) is 296 Å². The van der Waals surface area contributed by atoms with Crippen LogP contribution in [0, 0.1) is 11.8 Å². The number of aliphatic hydroxyl groups excluding tert-OH is 1. The van der Waals surface area contributed by atoms with Gasteiger partial charge in [-0.2, -0.15) is 0 Å². The Balaban J connectivity index is 1.89. The highest BCUT2D eigenvalue weighted by atomic mass is 35.5. The average molecular weight is 956 g/mol. The maximum absolute atomic E-state index is 15.0. The monoisotopic (exact) mass is 954 g/mol. The van der Waals surface area contributed by atoms with Gasteiger partial charge in [0.25, 0.3) is 0 Å². The molecule has 8 amide bonds. The molecule has 0 spiro atoms. The van der Waals surface area contributed by atoms with Crippen LogP contribution in [0.2, 0.25) is 5.02 Å². The standard InChI is InChI=1S/C46H63ClN8O12/c1-23(2)19-32-41(61)50-31-15-18-37(59)55(44(31)64)34(21-27-11-9-8-10-12-27)45(65)54(7)33(22-28-13-16-35(57)29(47)20-28)42(62)52-38(24(3)4)46(66)67-25(5)39(43(63)51-32)53-40(60)30(49-26(6)56)14-17-36(48)58/h8-13,16,20,23-25,30-34,37-39,57,59H,14-15,17-19,21-22H2,1-7H3,(H2,48,58)(H,49,56)(H,50,61)(H,51,63)(H,52,62)(H,53,60)/t25-,30+,31+,32+,33+,34+,37-,38?,39+/m1/s1. The van der Waals surface area contributed by atoms with Crippen LogP contribution in [0.25, 0.3) is 0 Å². The van der Waals surface area contributed by atoms with Gasteiger partial charge in [-0.1, -0.05) is 75.7 Å². The van der Waals surface area contributed by atoms with Crippen LogP contribution in [0.3, 0.4) is 0 Å². The molecule has 20 nitrogen and oxygen atoms in total. The first-order valence-electron chi connectivity index (χ1n) is 22.2. The van der Waals surface area contributed by atoms with E-state index in [-0.39, 0.29) is 61.6 Å². The maximum Gasteiger partial charge on any atom is 0.329 e. The highest BCUT2D eigenvalue weighted by Gasteiger charge is 2.46. The highest BCUT2D eigenvalue weighted by Crippen LogP contribution is 2.27. The number of nitrogens with one attached hydrogen (secondary N) is 5. The highest BCUT2D eigenvalue weighted by molar-refractivity contribution is 6.32. The van der Waals surface area contributed by atoms with Crippen LogP contribution in [-0.2, 0) is 60.7 Å². The molecule has 2 aromatic carbocycles. The number of ether oxygens (including phenoxy) is 1. The number of primary amides is 1. The van der Waals surface area contributed by atoms with Gasteiger partial charge >= 0.3 is 5.97 Å². The van der Waals surface area contributed by atoms with Crippen molar-refractivity contribution in [3.63, 3.8) is 0 Å². The van der Waals surface area contributed by atoms with E-state index in [0.29, 0.717) is 11.1 Å². The molecule has 9 atom stereocenters. The summed E-state index contributed by atoms with van der Waals surface area (Å²) >= 11 is 6.26. The largest absolute Gasteiger partial charge is 0.506 e. The van der Waals surface area contributed by atoms with Crippen molar-refractivity contribution in [3.05, 3.63) is 64.7 Å². The van der Waals surface area contributed by atoms with Gasteiger partial charge in [-0.3, -0.25) is 38.4 Å². The van der Waals surface area contributed by atoms with Crippen molar-refractivity contribution >= 4 is 64.8 Å². The fraction of sp³-hybridized carbons (Fsp3) is 0.543. The minimum atomic E-state index is -1.76. The van der Waals surface area contributed by atoms with Crippen LogP contribution in [-0.4, -0.2) is 135 Å². The molecular weight excluding hydrogens is 892 g/mol. The number of cyclic esters (lactones) is 1. The number of likely N-dealkylation sites (N-methyl/N-ethyl adjacent to an activating group) is 1. The molecule has 2 fully saturated rings. The first-order chi connectivity index (χ1) is 31.5. The van der Waals surface area contributed by atoms with E-state index >= 15 is 4.79 Å². The number of fused-ring (bicyclic) bond motifs is 2. The lowest BCUT2D eigenvalue weighted by atomic mass is 9.95. The molecule has 0 aliphatic carbocycles. The number of rotatable bonds is 13. The number of carbonyl (C=O) groups excluding carboxylic acids is 9. The van der Waals surface area contributed by atoms with E-state index in [4.69, 9.17) is 22.1 Å². The number of amides is 8. The van der Waals surface area contributed by atoms with Crippen molar-refractivity contribution < 1.29 is 58.1 Å². The number of aromatic hydroxyl groups is 1. The number of hydrogen-bond donors (Lipinski definition) is 8. The van der Waals surface area contributed by atoms with E-state index in [2.05, 4.69) is 26.6 Å². The summed E-state index contributed by atoms with van der Waals surface area (Å²) in [4.78, 5) is 127. The number of halogens is 1. The minimum Gasteiger partial charge on any atom is -0.506 e. The first kappa shape index (κ1) is 53.3. The number of nitrogens with zero attached hydrogens (tertiary/aromatic N) is 2. The van der Waals surface area contributed by atoms with Crippen molar-refractivity contribution in [1.82, 2.24) is 36.4 Å². The number of carbonyl (C=O) groups is 9. The number of piperidine rings is 1. The zero-order valence-corrected chi connectivity index (χ0v) is 39.5. The van der Waals surface area contributed by atoms with Gasteiger partial charge in [-0.25, -0.2) is 4.79 Å². The molecule has 0 aromatic heterocycles. The fourth-order valence-electron chi connectivity index (χ4n) is 8.00. The first-order valence-corrected chi connectivity index (χ1v) is 22.6. The molecular formula is C46H63ClN8O12. The second-order valence-corrected chi connectivity index (χ2v) is 18.2. The van der Waals surface area contributed by atoms with E-state index in [9.17, 15) is 48.6 Å². The van der Waals surface area contributed by atoms with Crippen LogP contribution in [0.4, 0.5) is 0 Å². The molecule has 0 radical (unpaired) electrons. The third kappa shape index (κ3) is 14.6. The molecule has 2 bridgehead atoms. The summed E-state index contributed by atoms with van der Waals surface area (Å²) in [7, 11) is 1.33. The number of esters is 1. The van der Waals surface area contributed by atoms with Crippen LogP contribution < -0.4 is 32.3 Å². The third-order valence-electron chi connectivity index (χ3n) is 11.6. The third-order valence-corrected chi connectivity index (χ3v) is 11.9. The van der Waals surface area contributed by atoms with Gasteiger partial charge in [0.2, 0.25) is 47.3 Å². The molecule has 21 heteroatoms. The van der Waals surface area contributed by atoms with Gasteiger partial charge in [0.15, 0.2) is 0 Å². The summed E-state index contributed by atoms with van der Waals surface area (Å²) < 4.78 is 5.82. The lowest BCUT2D eigenvalue weighted by Crippen LogP contribution is -2.65. The second-order valence-electron chi connectivity index (χ2n) is 17.8. The second kappa shape index (κ2) is 24.0. The molecule has 2 heterocycles. The van der Waals surface area contributed by atoms with Crippen molar-refractivity contribution in [1.29, 1.82) is 0 Å². The van der Waals surface area contributed by atoms with Crippen LogP contribution in [0.1, 0.15) is 84.8 Å². The van der Waals surface area contributed by atoms with Crippen LogP contribution in [0.15, 0.2) is 48.5 Å². The summed E-state index contributed by atoms with van der Waals surface area (Å²) in [5, 5.41) is 34.6. The summed E-state index contributed by atoms with van der Waals surface area (Å²) in [6.07, 6.45) is -4.10. The van der Waals surface area contributed by atoms with E-state index in [1.54, 1.807) is 58.0 Å². The smallest absolute Gasteiger partial charge is 0.329 e. The number of hydrogen-bond acceptors (Lipinski definition) is 12. The van der Waals surface area contributed by atoms with Crippen molar-refractivity contribution in [2.24, 2.45) is 17.6 Å². The maximum atomic E-state index is 15.0. The number of phenolic OH excluding ortho intramolecular Hbond substituents is 1. The Morgan fingerprint density at radius 1 is 0.881 bits per heavy atom. The average Bonchev–Trinajstić information content (AvgIpc) is 3.25. The molecule has 2 saturated heterocycles. The Bertz CT molecular complexity index is 2160. The van der Waals surface area contributed by atoms with Crippen LogP contribution >= 0.6 is 11.6 Å². The predicted molar refractivity (Wildman–Crippen MR) is 243 cm³/mol. The normalized spacial score (nSPS) is 25.2. The molecule has 9 N–H and O–H groups in total. The summed E-state index contributed by atoms with van der Waals surface area (Å²) in [5.74, 6) is -8.87. The molecule has 67 heavy (non-hydrogen) atoms. The number of phenols is 1. The zero-order valence-electron chi connectivity index (χ0n) is 38.7. The molecule has 2 aromatic rings. The van der Waals surface area contributed by atoms with Crippen molar-refractivity contribution in [2.75, 3.05) is 7.05 Å². The molecule has 2 aliphatic rings. The van der Waals surface area contributed by atoms with Crippen LogP contribution in [0.5, 0.6) is 5.75 Å². The van der Waals surface area contributed by atoms with Crippen molar-refractivity contribution in [3.8, 4) is 5.75 Å². The minimum absolute atomic E-state index is 0.0157. The van der Waals surface area contributed by atoms with E-state index in [1.807, 2.05) is 0 Å². The zero-order chi connectivity index (χ0) is 49.9. The van der Waals surface area contributed by atoms with E-state index in [0.717, 1.165) is 16.7 Å². The van der Waals surface area contributed by atoms with Gasteiger partial charge in [0, 0.05) is 33.2 Å².